The first-order valence-electron chi connectivity index (χ1n) is 9.03. The number of halogens is 1. The van der Waals surface area contributed by atoms with Gasteiger partial charge < -0.3 is 4.74 Å². The monoisotopic (exact) mass is 391 g/mol. The van der Waals surface area contributed by atoms with Gasteiger partial charge in [0.2, 0.25) is 0 Å². The van der Waals surface area contributed by atoms with Crippen LogP contribution in [-0.2, 0) is 13.1 Å². The average molecular weight is 391 g/mol. The first-order valence-corrected chi connectivity index (χ1v) is 9.03. The van der Waals surface area contributed by atoms with Crippen molar-refractivity contribution in [2.45, 2.75) is 13.1 Å². The Bertz CT molecular complexity index is 1290. The van der Waals surface area contributed by atoms with Crippen LogP contribution in [0.25, 0.3) is 11.0 Å². The van der Waals surface area contributed by atoms with E-state index in [9.17, 15) is 14.0 Å². The molecule has 29 heavy (non-hydrogen) atoms. The van der Waals surface area contributed by atoms with Crippen LogP contribution in [0.15, 0.2) is 76.4 Å². The summed E-state index contributed by atoms with van der Waals surface area (Å²) in [6.07, 6.45) is 1.53. The van der Waals surface area contributed by atoms with Crippen LogP contribution in [0.1, 0.15) is 11.1 Å². The summed E-state index contributed by atoms with van der Waals surface area (Å²) in [5.74, 6) is 0.236. The van der Waals surface area contributed by atoms with Gasteiger partial charge in [0, 0.05) is 11.8 Å². The molecule has 0 aliphatic rings. The summed E-state index contributed by atoms with van der Waals surface area (Å²) in [4.78, 5) is 30.5. The van der Waals surface area contributed by atoms with Crippen LogP contribution in [0.5, 0.6) is 5.75 Å². The van der Waals surface area contributed by atoms with Crippen molar-refractivity contribution in [3.8, 4) is 5.75 Å². The van der Waals surface area contributed by atoms with Crippen molar-refractivity contribution in [3.63, 3.8) is 0 Å². The molecule has 0 radical (unpaired) electrons. The number of fused-ring (bicyclic) bond motifs is 1. The Morgan fingerprint density at radius 3 is 2.45 bits per heavy atom. The Kier molecular flexibility index (Phi) is 4.95. The maximum Gasteiger partial charge on any atom is 0.333 e. The van der Waals surface area contributed by atoms with Gasteiger partial charge in [-0.25, -0.2) is 14.2 Å². The Balaban J connectivity index is 1.90. The fraction of sp³-hybridized carbons (Fsp3) is 0.136. The molecular weight excluding hydrogens is 373 g/mol. The number of pyridine rings is 1. The van der Waals surface area contributed by atoms with Crippen molar-refractivity contribution in [2.24, 2.45) is 0 Å². The minimum absolute atomic E-state index is 0.0654. The summed E-state index contributed by atoms with van der Waals surface area (Å²) >= 11 is 0. The lowest BCUT2D eigenvalue weighted by Gasteiger charge is -2.14. The van der Waals surface area contributed by atoms with E-state index in [2.05, 4.69) is 4.98 Å². The molecule has 2 heterocycles. The molecule has 0 aliphatic carbocycles. The van der Waals surface area contributed by atoms with E-state index in [0.717, 1.165) is 5.56 Å². The summed E-state index contributed by atoms with van der Waals surface area (Å²) in [6, 6.07) is 16.4. The van der Waals surface area contributed by atoms with Gasteiger partial charge in [-0.3, -0.25) is 13.9 Å². The molecule has 0 saturated carbocycles. The van der Waals surface area contributed by atoms with Crippen molar-refractivity contribution in [3.05, 3.63) is 105 Å². The molecule has 6 nitrogen and oxygen atoms in total. The molecule has 0 atom stereocenters. The van der Waals surface area contributed by atoms with Gasteiger partial charge in [0.1, 0.15) is 17.2 Å². The first kappa shape index (κ1) is 18.6. The number of hydrogen-bond acceptors (Lipinski definition) is 4. The average Bonchev–Trinajstić information content (AvgIpc) is 2.75. The Morgan fingerprint density at radius 2 is 1.69 bits per heavy atom. The SMILES string of the molecule is COc1ccccc1Cn1c(=O)c2cccnc2n(Cc2ccc(F)cc2)c1=O. The third-order valence-corrected chi connectivity index (χ3v) is 4.75. The molecule has 2 aromatic carbocycles. The third-order valence-electron chi connectivity index (χ3n) is 4.75. The van der Waals surface area contributed by atoms with E-state index in [1.165, 1.54) is 27.5 Å². The van der Waals surface area contributed by atoms with Crippen molar-refractivity contribution in [1.82, 2.24) is 14.1 Å². The predicted octanol–water partition coefficient (Wildman–Crippen LogP) is 2.80. The summed E-state index contributed by atoms with van der Waals surface area (Å²) < 4.78 is 21.2. The molecule has 0 bridgehead atoms. The molecule has 0 aliphatic heterocycles. The number of benzene rings is 2. The van der Waals surface area contributed by atoms with Crippen LogP contribution in [0.4, 0.5) is 4.39 Å². The predicted molar refractivity (Wildman–Crippen MR) is 108 cm³/mol. The summed E-state index contributed by atoms with van der Waals surface area (Å²) in [5, 5.41) is 0.337. The fourth-order valence-corrected chi connectivity index (χ4v) is 3.31. The number of ether oxygens (including phenoxy) is 1. The second-order valence-corrected chi connectivity index (χ2v) is 6.57. The van der Waals surface area contributed by atoms with E-state index in [4.69, 9.17) is 4.74 Å². The number of rotatable bonds is 5. The highest BCUT2D eigenvalue weighted by molar-refractivity contribution is 5.73. The summed E-state index contributed by atoms with van der Waals surface area (Å²) in [6.45, 7) is 0.231. The molecule has 7 heteroatoms. The van der Waals surface area contributed by atoms with E-state index < -0.39 is 11.2 Å². The molecule has 0 unspecified atom stereocenters. The van der Waals surface area contributed by atoms with Crippen molar-refractivity contribution >= 4 is 11.0 Å². The highest BCUT2D eigenvalue weighted by Crippen LogP contribution is 2.18. The van der Waals surface area contributed by atoms with Gasteiger partial charge in [0.15, 0.2) is 0 Å². The molecule has 0 fully saturated rings. The largest absolute Gasteiger partial charge is 0.496 e. The number of nitrogens with zero attached hydrogens (tertiary/aromatic N) is 3. The lowest BCUT2D eigenvalue weighted by Crippen LogP contribution is -2.40. The zero-order chi connectivity index (χ0) is 20.4. The van der Waals surface area contributed by atoms with Crippen molar-refractivity contribution in [1.29, 1.82) is 0 Å². The van der Waals surface area contributed by atoms with E-state index in [1.54, 1.807) is 37.4 Å². The second-order valence-electron chi connectivity index (χ2n) is 6.57. The number of hydrogen-bond donors (Lipinski definition) is 0. The Labute approximate surface area is 165 Å². The molecule has 0 saturated heterocycles. The van der Waals surface area contributed by atoms with Crippen molar-refractivity contribution in [2.75, 3.05) is 7.11 Å². The first-order chi connectivity index (χ1) is 14.1. The van der Waals surface area contributed by atoms with Gasteiger partial charge in [0.05, 0.1) is 25.6 Å². The molecular formula is C22H18FN3O3. The minimum atomic E-state index is -0.489. The van der Waals surface area contributed by atoms with Crippen LogP contribution < -0.4 is 16.0 Å². The minimum Gasteiger partial charge on any atom is -0.496 e. The quantitative estimate of drug-likeness (QED) is 0.525. The zero-order valence-corrected chi connectivity index (χ0v) is 15.7. The van der Waals surface area contributed by atoms with E-state index >= 15 is 0 Å². The lowest BCUT2D eigenvalue weighted by molar-refractivity contribution is 0.407. The molecule has 2 aromatic heterocycles. The molecule has 146 valence electrons. The molecule has 0 amide bonds. The van der Waals surface area contributed by atoms with E-state index in [0.29, 0.717) is 22.3 Å². The van der Waals surface area contributed by atoms with E-state index in [-0.39, 0.29) is 18.9 Å². The molecule has 4 aromatic rings. The van der Waals surface area contributed by atoms with Gasteiger partial charge in [-0.15, -0.1) is 0 Å². The number of aromatic nitrogens is 3. The Morgan fingerprint density at radius 1 is 0.931 bits per heavy atom. The third kappa shape index (κ3) is 3.54. The maximum atomic E-state index is 13.3. The highest BCUT2D eigenvalue weighted by atomic mass is 19.1. The number of methoxy groups -OCH3 is 1. The lowest BCUT2D eigenvalue weighted by atomic mass is 10.2. The smallest absolute Gasteiger partial charge is 0.333 e. The van der Waals surface area contributed by atoms with E-state index in [1.807, 2.05) is 18.2 Å². The fourth-order valence-electron chi connectivity index (χ4n) is 3.31. The molecule has 4 rings (SSSR count). The van der Waals surface area contributed by atoms with Crippen LogP contribution in [0.2, 0.25) is 0 Å². The maximum absolute atomic E-state index is 13.3. The molecule has 0 spiro atoms. The Hall–Kier alpha value is -3.74. The molecule has 0 N–H and O–H groups in total. The highest BCUT2D eigenvalue weighted by Gasteiger charge is 2.16. The summed E-state index contributed by atoms with van der Waals surface area (Å²) in [5.41, 5.74) is 0.826. The van der Waals surface area contributed by atoms with Gasteiger partial charge >= 0.3 is 5.69 Å². The van der Waals surface area contributed by atoms with Crippen molar-refractivity contribution < 1.29 is 9.13 Å². The van der Waals surface area contributed by atoms with Gasteiger partial charge in [-0.2, -0.15) is 0 Å². The van der Waals surface area contributed by atoms with Gasteiger partial charge in [0.25, 0.3) is 5.56 Å². The van der Waals surface area contributed by atoms with Crippen LogP contribution >= 0.6 is 0 Å². The topological polar surface area (TPSA) is 66.1 Å². The summed E-state index contributed by atoms with van der Waals surface area (Å²) in [7, 11) is 1.54. The second kappa shape index (κ2) is 7.71. The van der Waals surface area contributed by atoms with Crippen LogP contribution in [-0.4, -0.2) is 21.2 Å². The number of para-hydroxylation sites is 1. The standard InChI is InChI=1S/C22H18FN3O3/c1-29-19-7-3-2-5-16(19)14-26-21(27)18-6-4-12-24-20(18)25(22(26)28)13-15-8-10-17(23)11-9-15/h2-12H,13-14H2,1H3. The normalized spacial score (nSPS) is 11.0. The van der Waals surface area contributed by atoms with Gasteiger partial charge in [-0.1, -0.05) is 30.3 Å². The van der Waals surface area contributed by atoms with Crippen LogP contribution in [0.3, 0.4) is 0 Å². The zero-order valence-electron chi connectivity index (χ0n) is 15.7. The van der Waals surface area contributed by atoms with Crippen LogP contribution in [0, 0.1) is 5.82 Å². The van der Waals surface area contributed by atoms with Gasteiger partial charge in [-0.05, 0) is 35.9 Å².